The van der Waals surface area contributed by atoms with Crippen molar-refractivity contribution < 1.29 is 19.4 Å². The summed E-state index contributed by atoms with van der Waals surface area (Å²) in [4.78, 5) is 22.5. The topological polar surface area (TPSA) is 63.6 Å². The van der Waals surface area contributed by atoms with Crippen LogP contribution in [0.1, 0.15) is 45.6 Å². The lowest BCUT2D eigenvalue weighted by Gasteiger charge is -2.43. The van der Waals surface area contributed by atoms with E-state index < -0.39 is 11.9 Å². The minimum atomic E-state index is -1.15. The maximum atomic E-state index is 12.0. The maximum absolute atomic E-state index is 12.0. The second kappa shape index (κ2) is 7.65. The van der Waals surface area contributed by atoms with Crippen LogP contribution in [0.15, 0.2) is 42.5 Å². The largest absolute Gasteiger partial charge is 0.478 e. The molecule has 1 aliphatic carbocycles. The fourth-order valence-corrected chi connectivity index (χ4v) is 3.69. The molecule has 3 unspecified atom stereocenters. The summed E-state index contributed by atoms with van der Waals surface area (Å²) in [6.07, 6.45) is 4.53. The van der Waals surface area contributed by atoms with Gasteiger partial charge in [0.05, 0.1) is 0 Å². The van der Waals surface area contributed by atoms with Crippen molar-refractivity contribution in [2.75, 3.05) is 0 Å². The molecule has 2 rings (SSSR count). The second-order valence-corrected chi connectivity index (χ2v) is 7.26. The summed E-state index contributed by atoms with van der Waals surface area (Å²) < 4.78 is 5.64. The van der Waals surface area contributed by atoms with E-state index in [0.29, 0.717) is 5.92 Å². The normalized spacial score (nSPS) is 24.7. The first-order valence-corrected chi connectivity index (χ1v) is 8.48. The number of hydrogen-bond acceptors (Lipinski definition) is 3. The van der Waals surface area contributed by atoms with Gasteiger partial charge in [-0.15, -0.1) is 0 Å². The minimum absolute atomic E-state index is 0.122. The Balaban J connectivity index is 2.19. The van der Waals surface area contributed by atoms with Crippen molar-refractivity contribution in [2.24, 2.45) is 11.8 Å². The highest BCUT2D eigenvalue weighted by atomic mass is 16.5. The van der Waals surface area contributed by atoms with Gasteiger partial charge in [0.25, 0.3) is 0 Å². The monoisotopic (exact) mass is 330 g/mol. The van der Waals surface area contributed by atoms with Crippen molar-refractivity contribution in [3.05, 3.63) is 48.0 Å². The molecule has 1 N–H and O–H groups in total. The fourth-order valence-electron chi connectivity index (χ4n) is 3.69. The SMILES string of the molecule is CC1CCC(C(C)(C)c2ccccc2)C(OC(=O)C=CC(=O)O)C1. The van der Waals surface area contributed by atoms with Crippen molar-refractivity contribution >= 4 is 11.9 Å². The zero-order chi connectivity index (χ0) is 17.7. The van der Waals surface area contributed by atoms with E-state index in [1.807, 2.05) is 18.2 Å². The molecule has 1 aliphatic rings. The van der Waals surface area contributed by atoms with Crippen LogP contribution in [0.3, 0.4) is 0 Å². The molecule has 1 aromatic rings. The molecule has 3 atom stereocenters. The van der Waals surface area contributed by atoms with Gasteiger partial charge in [-0.05, 0) is 29.7 Å². The van der Waals surface area contributed by atoms with Crippen molar-refractivity contribution in [3.63, 3.8) is 0 Å². The Bertz CT molecular complexity index is 603. The minimum Gasteiger partial charge on any atom is -0.478 e. The third kappa shape index (κ3) is 4.47. The van der Waals surface area contributed by atoms with E-state index in [-0.39, 0.29) is 17.4 Å². The van der Waals surface area contributed by atoms with Crippen LogP contribution in [0, 0.1) is 11.8 Å². The first-order valence-electron chi connectivity index (χ1n) is 8.48. The van der Waals surface area contributed by atoms with Gasteiger partial charge in [0.2, 0.25) is 0 Å². The zero-order valence-electron chi connectivity index (χ0n) is 14.6. The van der Waals surface area contributed by atoms with Gasteiger partial charge in [-0.3, -0.25) is 0 Å². The summed E-state index contributed by atoms with van der Waals surface area (Å²) in [7, 11) is 0. The van der Waals surface area contributed by atoms with Gasteiger partial charge in [0.15, 0.2) is 0 Å². The highest BCUT2D eigenvalue weighted by molar-refractivity contribution is 5.90. The molecule has 4 heteroatoms. The smallest absolute Gasteiger partial charge is 0.331 e. The molecule has 1 saturated carbocycles. The number of carboxylic acid groups (broad SMARTS) is 1. The number of esters is 1. The molecule has 0 amide bonds. The zero-order valence-corrected chi connectivity index (χ0v) is 14.6. The van der Waals surface area contributed by atoms with Crippen molar-refractivity contribution in [3.8, 4) is 0 Å². The molecule has 0 aliphatic heterocycles. The number of carbonyl (C=O) groups excluding carboxylic acids is 1. The predicted octanol–water partition coefficient (Wildman–Crippen LogP) is 3.95. The molecule has 130 valence electrons. The summed E-state index contributed by atoms with van der Waals surface area (Å²) in [5.74, 6) is -1.03. The number of aliphatic carboxylic acids is 1. The van der Waals surface area contributed by atoms with Crippen LogP contribution < -0.4 is 0 Å². The highest BCUT2D eigenvalue weighted by Crippen LogP contribution is 2.43. The van der Waals surface area contributed by atoms with E-state index in [4.69, 9.17) is 9.84 Å². The van der Waals surface area contributed by atoms with Crippen LogP contribution in [0.5, 0.6) is 0 Å². The molecular formula is C20H26O4. The van der Waals surface area contributed by atoms with Crippen LogP contribution >= 0.6 is 0 Å². The molecule has 0 heterocycles. The van der Waals surface area contributed by atoms with Gasteiger partial charge in [0, 0.05) is 18.1 Å². The third-order valence-electron chi connectivity index (χ3n) is 5.13. The van der Waals surface area contributed by atoms with Gasteiger partial charge in [-0.2, -0.15) is 0 Å². The standard InChI is InChI=1S/C20H26O4/c1-14-9-10-16(20(2,3)15-7-5-4-6-8-15)17(13-14)24-19(23)12-11-18(21)22/h4-8,11-12,14,16-17H,9-10,13H2,1-3H3,(H,21,22). The highest BCUT2D eigenvalue weighted by Gasteiger charge is 2.41. The lowest BCUT2D eigenvalue weighted by Crippen LogP contribution is -2.43. The van der Waals surface area contributed by atoms with E-state index in [1.54, 1.807) is 0 Å². The van der Waals surface area contributed by atoms with Crippen LogP contribution in [0.2, 0.25) is 0 Å². The molecule has 4 nitrogen and oxygen atoms in total. The van der Waals surface area contributed by atoms with Crippen LogP contribution in [0.4, 0.5) is 0 Å². The molecule has 0 aromatic heterocycles. The van der Waals surface area contributed by atoms with Gasteiger partial charge >= 0.3 is 11.9 Å². The Morgan fingerprint density at radius 2 is 1.83 bits per heavy atom. The number of benzene rings is 1. The summed E-state index contributed by atoms with van der Waals surface area (Å²) in [6.45, 7) is 6.55. The summed E-state index contributed by atoms with van der Waals surface area (Å²) in [6, 6.07) is 10.3. The van der Waals surface area contributed by atoms with Crippen LogP contribution in [-0.4, -0.2) is 23.1 Å². The van der Waals surface area contributed by atoms with Crippen molar-refractivity contribution in [1.29, 1.82) is 0 Å². The van der Waals surface area contributed by atoms with E-state index in [9.17, 15) is 9.59 Å². The number of rotatable bonds is 5. The molecule has 0 bridgehead atoms. The van der Waals surface area contributed by atoms with Gasteiger partial charge in [0.1, 0.15) is 6.10 Å². The second-order valence-electron chi connectivity index (χ2n) is 7.26. The number of carbonyl (C=O) groups is 2. The average Bonchev–Trinajstić information content (AvgIpc) is 2.53. The van der Waals surface area contributed by atoms with Gasteiger partial charge in [-0.25, -0.2) is 9.59 Å². The van der Waals surface area contributed by atoms with E-state index in [0.717, 1.165) is 31.4 Å². The third-order valence-corrected chi connectivity index (χ3v) is 5.13. The van der Waals surface area contributed by atoms with Crippen LogP contribution in [-0.2, 0) is 19.7 Å². The Morgan fingerprint density at radius 1 is 1.17 bits per heavy atom. The summed E-state index contributed by atoms with van der Waals surface area (Å²) in [5, 5.41) is 8.65. The molecule has 1 fully saturated rings. The summed E-state index contributed by atoms with van der Waals surface area (Å²) >= 11 is 0. The number of carboxylic acids is 1. The first kappa shape index (κ1) is 18.2. The quantitative estimate of drug-likeness (QED) is 0.656. The average molecular weight is 330 g/mol. The molecule has 24 heavy (non-hydrogen) atoms. The summed E-state index contributed by atoms with van der Waals surface area (Å²) in [5.41, 5.74) is 1.11. The molecule has 0 spiro atoms. The Labute approximate surface area is 143 Å². The van der Waals surface area contributed by atoms with E-state index in [2.05, 4.69) is 32.9 Å². The molecule has 0 saturated heterocycles. The van der Waals surface area contributed by atoms with E-state index >= 15 is 0 Å². The number of ether oxygens (including phenoxy) is 1. The Hall–Kier alpha value is -2.10. The predicted molar refractivity (Wildman–Crippen MR) is 92.6 cm³/mol. The first-order chi connectivity index (χ1) is 11.3. The fraction of sp³-hybridized carbons (Fsp3) is 0.500. The number of hydrogen-bond donors (Lipinski definition) is 1. The maximum Gasteiger partial charge on any atom is 0.331 e. The van der Waals surface area contributed by atoms with Gasteiger partial charge < -0.3 is 9.84 Å². The van der Waals surface area contributed by atoms with Crippen molar-refractivity contribution in [2.45, 2.75) is 51.6 Å². The lowest BCUT2D eigenvalue weighted by atomic mass is 9.64. The van der Waals surface area contributed by atoms with Crippen LogP contribution in [0.25, 0.3) is 0 Å². The lowest BCUT2D eigenvalue weighted by molar-refractivity contribution is -0.150. The van der Waals surface area contributed by atoms with Crippen molar-refractivity contribution in [1.82, 2.24) is 0 Å². The van der Waals surface area contributed by atoms with E-state index in [1.165, 1.54) is 5.56 Å². The molecule has 1 aromatic carbocycles. The van der Waals surface area contributed by atoms with Gasteiger partial charge in [-0.1, -0.05) is 57.5 Å². The Kier molecular flexibility index (Phi) is 5.81. The molecular weight excluding hydrogens is 304 g/mol. The molecule has 0 radical (unpaired) electrons. The Morgan fingerprint density at radius 3 is 2.46 bits per heavy atom.